The number of phenols is 1. The largest absolute Gasteiger partial charge is 0.508 e. The lowest BCUT2D eigenvalue weighted by Crippen LogP contribution is -2.25. The van der Waals surface area contributed by atoms with Crippen molar-refractivity contribution in [3.63, 3.8) is 0 Å². The highest BCUT2D eigenvalue weighted by Gasteiger charge is 2.15. The van der Waals surface area contributed by atoms with Gasteiger partial charge in [-0.05, 0) is 42.7 Å². The number of rotatable bonds is 7. The third-order valence-corrected chi connectivity index (χ3v) is 4.71. The molecular formula is C15H16N2O5S. The SMILES string of the molecule is O=[N+]([O-])c1ccc(S(=O)(=O)NCCCc2ccc(O)cc2)cc1. The average Bonchev–Trinajstić information content (AvgIpc) is 2.53. The Balaban J connectivity index is 1.88. The van der Waals surface area contributed by atoms with Crippen LogP contribution < -0.4 is 4.72 Å². The standard InChI is InChI=1S/C15H16N2O5S/c18-14-7-3-12(4-8-14)2-1-11-16-23(21,22)15-9-5-13(6-10-15)17(19)20/h3-10,16,18H,1-2,11H2. The molecule has 7 nitrogen and oxygen atoms in total. The summed E-state index contributed by atoms with van der Waals surface area (Å²) in [4.78, 5) is 9.96. The van der Waals surface area contributed by atoms with Gasteiger partial charge in [-0.2, -0.15) is 0 Å². The Hall–Kier alpha value is -2.45. The summed E-state index contributed by atoms with van der Waals surface area (Å²) >= 11 is 0. The first-order chi connectivity index (χ1) is 10.9. The molecule has 0 fully saturated rings. The number of nitrogens with one attached hydrogen (secondary N) is 1. The zero-order chi connectivity index (χ0) is 16.9. The lowest BCUT2D eigenvalue weighted by Gasteiger charge is -2.07. The van der Waals surface area contributed by atoms with Crippen LogP contribution in [0.2, 0.25) is 0 Å². The van der Waals surface area contributed by atoms with Crippen LogP contribution in [-0.4, -0.2) is 25.0 Å². The predicted molar refractivity (Wildman–Crippen MR) is 84.7 cm³/mol. The highest BCUT2D eigenvalue weighted by atomic mass is 32.2. The van der Waals surface area contributed by atoms with Gasteiger partial charge in [-0.25, -0.2) is 13.1 Å². The second-order valence-electron chi connectivity index (χ2n) is 4.92. The van der Waals surface area contributed by atoms with Crippen LogP contribution >= 0.6 is 0 Å². The third kappa shape index (κ3) is 4.76. The number of sulfonamides is 1. The Morgan fingerprint density at radius 2 is 1.65 bits per heavy atom. The summed E-state index contributed by atoms with van der Waals surface area (Å²) in [5.41, 5.74) is 0.841. The van der Waals surface area contributed by atoms with Crippen LogP contribution in [0.15, 0.2) is 53.4 Å². The molecule has 0 saturated heterocycles. The van der Waals surface area contributed by atoms with Gasteiger partial charge in [0.25, 0.3) is 5.69 Å². The number of nitro groups is 1. The topological polar surface area (TPSA) is 110 Å². The molecule has 0 aromatic heterocycles. The van der Waals surface area contributed by atoms with Crippen molar-refractivity contribution in [3.05, 3.63) is 64.2 Å². The first kappa shape index (κ1) is 16.9. The van der Waals surface area contributed by atoms with E-state index in [-0.39, 0.29) is 22.9 Å². The average molecular weight is 336 g/mol. The highest BCUT2D eigenvalue weighted by molar-refractivity contribution is 7.89. The Kier molecular flexibility index (Phi) is 5.30. The second-order valence-corrected chi connectivity index (χ2v) is 6.69. The van der Waals surface area contributed by atoms with Gasteiger partial charge >= 0.3 is 0 Å². The van der Waals surface area contributed by atoms with Gasteiger partial charge in [-0.15, -0.1) is 0 Å². The van der Waals surface area contributed by atoms with Crippen LogP contribution in [0.3, 0.4) is 0 Å². The van der Waals surface area contributed by atoms with E-state index in [4.69, 9.17) is 0 Å². The lowest BCUT2D eigenvalue weighted by molar-refractivity contribution is -0.384. The van der Waals surface area contributed by atoms with E-state index < -0.39 is 14.9 Å². The van der Waals surface area contributed by atoms with E-state index in [0.717, 1.165) is 17.7 Å². The smallest absolute Gasteiger partial charge is 0.269 e. The molecule has 0 amide bonds. The number of aryl methyl sites for hydroxylation is 1. The maximum Gasteiger partial charge on any atom is 0.269 e. The molecule has 0 aliphatic heterocycles. The van der Waals surface area contributed by atoms with Crippen molar-refractivity contribution in [1.82, 2.24) is 4.72 Å². The normalized spacial score (nSPS) is 11.3. The Morgan fingerprint density at radius 3 is 2.22 bits per heavy atom. The van der Waals surface area contributed by atoms with Crippen LogP contribution in [-0.2, 0) is 16.4 Å². The first-order valence-electron chi connectivity index (χ1n) is 6.90. The van der Waals surface area contributed by atoms with Crippen molar-refractivity contribution in [2.45, 2.75) is 17.7 Å². The molecule has 8 heteroatoms. The first-order valence-corrected chi connectivity index (χ1v) is 8.39. The highest BCUT2D eigenvalue weighted by Crippen LogP contribution is 2.16. The Morgan fingerprint density at radius 1 is 1.04 bits per heavy atom. The lowest BCUT2D eigenvalue weighted by atomic mass is 10.1. The zero-order valence-electron chi connectivity index (χ0n) is 12.2. The van der Waals surface area contributed by atoms with Gasteiger partial charge in [0.05, 0.1) is 9.82 Å². The summed E-state index contributed by atoms with van der Waals surface area (Å²) in [6.07, 6.45) is 1.26. The molecule has 122 valence electrons. The second kappa shape index (κ2) is 7.21. The van der Waals surface area contributed by atoms with Crippen LogP contribution in [0.1, 0.15) is 12.0 Å². The fourth-order valence-corrected chi connectivity index (χ4v) is 3.07. The minimum absolute atomic E-state index is 0.00673. The molecule has 0 saturated carbocycles. The summed E-state index contributed by atoms with van der Waals surface area (Å²) < 4.78 is 26.6. The van der Waals surface area contributed by atoms with Crippen molar-refractivity contribution >= 4 is 15.7 Å². The number of phenolic OH excluding ortho intramolecular Hbond substituents is 1. The molecule has 0 spiro atoms. The van der Waals surface area contributed by atoms with Crippen molar-refractivity contribution in [1.29, 1.82) is 0 Å². The molecule has 0 heterocycles. The Labute approximate surface area is 133 Å². The number of nitro benzene ring substituents is 1. The number of non-ortho nitro benzene ring substituents is 1. The van der Waals surface area contributed by atoms with Crippen molar-refractivity contribution in [3.8, 4) is 5.75 Å². The zero-order valence-corrected chi connectivity index (χ0v) is 13.0. The van der Waals surface area contributed by atoms with Gasteiger partial charge in [0.1, 0.15) is 5.75 Å². The molecular weight excluding hydrogens is 320 g/mol. The molecule has 2 N–H and O–H groups in total. The van der Waals surface area contributed by atoms with Crippen LogP contribution in [0.5, 0.6) is 5.75 Å². The summed E-state index contributed by atoms with van der Waals surface area (Å²) in [5.74, 6) is 0.188. The number of hydrogen-bond acceptors (Lipinski definition) is 5. The summed E-state index contributed by atoms with van der Waals surface area (Å²) in [6.45, 7) is 0.250. The molecule has 2 aromatic rings. The maximum atomic E-state index is 12.1. The van der Waals surface area contributed by atoms with E-state index in [1.807, 2.05) is 0 Å². The predicted octanol–water partition coefficient (Wildman–Crippen LogP) is 2.21. The van der Waals surface area contributed by atoms with Crippen LogP contribution in [0, 0.1) is 10.1 Å². The Bertz CT molecular complexity index is 771. The van der Waals surface area contributed by atoms with Gasteiger partial charge in [-0.1, -0.05) is 12.1 Å². The molecule has 0 aliphatic carbocycles. The summed E-state index contributed by atoms with van der Waals surface area (Å²) in [7, 11) is -3.68. The summed E-state index contributed by atoms with van der Waals surface area (Å²) in [5, 5.41) is 19.7. The van der Waals surface area contributed by atoms with Crippen molar-refractivity contribution in [2.24, 2.45) is 0 Å². The van der Waals surface area contributed by atoms with E-state index in [2.05, 4.69) is 4.72 Å². The molecule has 23 heavy (non-hydrogen) atoms. The fourth-order valence-electron chi connectivity index (χ4n) is 1.99. The molecule has 0 aliphatic rings. The van der Waals surface area contributed by atoms with Gasteiger partial charge in [0, 0.05) is 18.7 Å². The molecule has 0 unspecified atom stereocenters. The van der Waals surface area contributed by atoms with Gasteiger partial charge in [0.2, 0.25) is 10.0 Å². The monoisotopic (exact) mass is 336 g/mol. The maximum absolute atomic E-state index is 12.1. The van der Waals surface area contributed by atoms with Gasteiger partial charge < -0.3 is 5.11 Å². The molecule has 0 bridgehead atoms. The van der Waals surface area contributed by atoms with E-state index in [1.54, 1.807) is 24.3 Å². The van der Waals surface area contributed by atoms with Crippen molar-refractivity contribution in [2.75, 3.05) is 6.54 Å². The minimum Gasteiger partial charge on any atom is -0.508 e. The van der Waals surface area contributed by atoms with Crippen LogP contribution in [0.25, 0.3) is 0 Å². The van der Waals surface area contributed by atoms with Crippen molar-refractivity contribution < 1.29 is 18.4 Å². The number of benzene rings is 2. The number of aromatic hydroxyl groups is 1. The van der Waals surface area contributed by atoms with Crippen LogP contribution in [0.4, 0.5) is 5.69 Å². The van der Waals surface area contributed by atoms with Gasteiger partial charge in [0.15, 0.2) is 0 Å². The number of nitrogens with zero attached hydrogens (tertiary/aromatic N) is 1. The fraction of sp³-hybridized carbons (Fsp3) is 0.200. The molecule has 2 rings (SSSR count). The van der Waals surface area contributed by atoms with Gasteiger partial charge in [-0.3, -0.25) is 10.1 Å². The van der Waals surface area contributed by atoms with E-state index in [0.29, 0.717) is 12.8 Å². The molecule has 0 atom stereocenters. The third-order valence-electron chi connectivity index (χ3n) is 3.23. The molecule has 0 radical (unpaired) electrons. The van der Waals surface area contributed by atoms with E-state index >= 15 is 0 Å². The summed E-state index contributed by atoms with van der Waals surface area (Å²) in [6, 6.07) is 11.4. The van der Waals surface area contributed by atoms with E-state index in [1.165, 1.54) is 12.1 Å². The number of hydrogen-bond donors (Lipinski definition) is 2. The van der Waals surface area contributed by atoms with E-state index in [9.17, 15) is 23.6 Å². The minimum atomic E-state index is -3.68. The molecule has 2 aromatic carbocycles. The quantitative estimate of drug-likeness (QED) is 0.458.